The standard InChI is InChI=1S/C21H29NO2.C4H6O6/c23-17-7-6-16-12-19-21(24)9-2-1-8-20(21,18(16)13-17)10-11-22(19)14-15-4-3-5-15;5-1(3(7)8)2(6)4(9)10/h6-7,13,15,19,23-24H,1-5,8-12,14H2;1-2,5-6H,(H,7,8)(H,9,10)/t19-,20+,21-;1-,2+/m1./s1. The number of benzene rings is 1. The van der Waals surface area contributed by atoms with Crippen LogP contribution < -0.4 is 0 Å². The molecule has 0 amide bonds. The van der Waals surface area contributed by atoms with E-state index in [1.807, 2.05) is 12.1 Å². The van der Waals surface area contributed by atoms with Gasteiger partial charge in [-0.2, -0.15) is 0 Å². The van der Waals surface area contributed by atoms with Gasteiger partial charge < -0.3 is 30.6 Å². The number of carboxylic acids is 2. The average molecular weight is 478 g/mol. The van der Waals surface area contributed by atoms with E-state index < -0.39 is 29.7 Å². The molecule has 5 atom stereocenters. The summed E-state index contributed by atoms with van der Waals surface area (Å²) in [4.78, 5) is 22.2. The van der Waals surface area contributed by atoms with Crippen molar-refractivity contribution in [2.45, 2.75) is 87.1 Å². The van der Waals surface area contributed by atoms with Gasteiger partial charge in [-0.15, -0.1) is 0 Å². The number of rotatable bonds is 5. The second kappa shape index (κ2) is 9.45. The topological polar surface area (TPSA) is 159 Å². The Morgan fingerprint density at radius 2 is 1.65 bits per heavy atom. The Labute approximate surface area is 198 Å². The minimum atomic E-state index is -2.27. The molecule has 1 saturated heterocycles. The Kier molecular flexibility index (Phi) is 6.92. The van der Waals surface area contributed by atoms with Gasteiger partial charge in [0.05, 0.1) is 5.60 Å². The Bertz CT molecular complexity index is 915. The maximum Gasteiger partial charge on any atom is 0.335 e. The normalized spacial score (nSPS) is 32.1. The number of phenols is 1. The van der Waals surface area contributed by atoms with Gasteiger partial charge in [-0.05, 0) is 74.2 Å². The van der Waals surface area contributed by atoms with E-state index in [1.54, 1.807) is 0 Å². The van der Waals surface area contributed by atoms with E-state index in [1.165, 1.54) is 43.4 Å². The number of hydrogen-bond donors (Lipinski definition) is 6. The van der Waals surface area contributed by atoms with E-state index in [9.17, 15) is 19.8 Å². The molecule has 6 N–H and O–H groups in total. The molecule has 188 valence electrons. The van der Waals surface area contributed by atoms with Crippen LogP contribution in [-0.4, -0.2) is 84.4 Å². The molecule has 1 heterocycles. The summed E-state index contributed by atoms with van der Waals surface area (Å²) in [5.74, 6) is -2.33. The molecule has 2 bridgehead atoms. The number of fused-ring (bicyclic) bond motifs is 1. The van der Waals surface area contributed by atoms with Crippen LogP contribution in [0, 0.1) is 5.92 Å². The lowest BCUT2D eigenvalue weighted by atomic mass is 9.49. The first-order chi connectivity index (χ1) is 16.1. The number of aliphatic carboxylic acids is 2. The summed E-state index contributed by atoms with van der Waals surface area (Å²) < 4.78 is 0. The first-order valence-electron chi connectivity index (χ1n) is 12.2. The summed E-state index contributed by atoms with van der Waals surface area (Å²) in [6.07, 6.45) is 5.93. The van der Waals surface area contributed by atoms with Crippen molar-refractivity contribution in [1.29, 1.82) is 0 Å². The summed E-state index contributed by atoms with van der Waals surface area (Å²) >= 11 is 0. The molecular formula is C25H35NO8. The van der Waals surface area contributed by atoms with Crippen LogP contribution in [0.5, 0.6) is 5.75 Å². The monoisotopic (exact) mass is 477 g/mol. The Morgan fingerprint density at radius 3 is 2.24 bits per heavy atom. The maximum absolute atomic E-state index is 11.9. The number of carbonyl (C=O) groups is 2. The average Bonchev–Trinajstić information content (AvgIpc) is 2.76. The predicted molar refractivity (Wildman–Crippen MR) is 122 cm³/mol. The first-order valence-corrected chi connectivity index (χ1v) is 12.2. The maximum atomic E-state index is 11.9. The number of carboxylic acid groups (broad SMARTS) is 2. The van der Waals surface area contributed by atoms with Crippen LogP contribution in [0.2, 0.25) is 0 Å². The van der Waals surface area contributed by atoms with Crippen LogP contribution in [0.25, 0.3) is 0 Å². The van der Waals surface area contributed by atoms with Crippen molar-refractivity contribution >= 4 is 11.9 Å². The summed E-state index contributed by atoms with van der Waals surface area (Å²) in [5, 5.41) is 54.6. The number of aromatic hydroxyl groups is 1. The molecule has 1 aromatic carbocycles. The van der Waals surface area contributed by atoms with E-state index in [0.717, 1.165) is 44.6 Å². The van der Waals surface area contributed by atoms with Gasteiger partial charge in [0.25, 0.3) is 0 Å². The fourth-order valence-corrected chi connectivity index (χ4v) is 6.59. The predicted octanol–water partition coefficient (Wildman–Crippen LogP) is 1.24. The highest BCUT2D eigenvalue weighted by atomic mass is 16.4. The van der Waals surface area contributed by atoms with Gasteiger partial charge >= 0.3 is 11.9 Å². The smallest absolute Gasteiger partial charge is 0.335 e. The molecule has 2 saturated carbocycles. The zero-order valence-electron chi connectivity index (χ0n) is 19.3. The number of aliphatic hydroxyl groups is 3. The van der Waals surface area contributed by atoms with E-state index in [0.29, 0.717) is 5.75 Å². The third-order valence-corrected chi connectivity index (χ3v) is 8.60. The van der Waals surface area contributed by atoms with E-state index in [-0.39, 0.29) is 11.5 Å². The minimum absolute atomic E-state index is 0.127. The van der Waals surface area contributed by atoms with Crippen molar-refractivity contribution in [3.8, 4) is 5.75 Å². The van der Waals surface area contributed by atoms with Gasteiger partial charge in [0.2, 0.25) is 0 Å². The van der Waals surface area contributed by atoms with Crippen LogP contribution in [0.1, 0.15) is 62.5 Å². The largest absolute Gasteiger partial charge is 0.508 e. The van der Waals surface area contributed by atoms with Gasteiger partial charge in [-0.3, -0.25) is 4.90 Å². The Balaban J connectivity index is 0.000000235. The summed E-state index contributed by atoms with van der Waals surface area (Å²) in [5.41, 5.74) is 1.89. The molecule has 1 aliphatic heterocycles. The molecular weight excluding hydrogens is 442 g/mol. The van der Waals surface area contributed by atoms with Crippen molar-refractivity contribution in [3.05, 3.63) is 29.3 Å². The molecule has 5 rings (SSSR count). The van der Waals surface area contributed by atoms with Crippen molar-refractivity contribution in [3.63, 3.8) is 0 Å². The quantitative estimate of drug-likeness (QED) is 0.367. The second-order valence-electron chi connectivity index (χ2n) is 10.4. The van der Waals surface area contributed by atoms with Crippen LogP contribution in [0.4, 0.5) is 0 Å². The van der Waals surface area contributed by atoms with E-state index in [4.69, 9.17) is 20.4 Å². The Hall–Kier alpha value is -2.20. The number of phenolic OH excluding ortho intramolecular Hbond substituents is 1. The third kappa shape index (κ3) is 4.19. The van der Waals surface area contributed by atoms with Gasteiger partial charge in [0.1, 0.15) is 5.75 Å². The molecule has 34 heavy (non-hydrogen) atoms. The number of piperidine rings is 1. The molecule has 1 aromatic rings. The van der Waals surface area contributed by atoms with Crippen LogP contribution in [0.3, 0.4) is 0 Å². The molecule has 0 radical (unpaired) electrons. The van der Waals surface area contributed by atoms with Crippen LogP contribution in [0.15, 0.2) is 18.2 Å². The summed E-state index contributed by atoms with van der Waals surface area (Å²) in [7, 11) is 0. The van der Waals surface area contributed by atoms with Crippen LogP contribution >= 0.6 is 0 Å². The summed E-state index contributed by atoms with van der Waals surface area (Å²) in [6.45, 7) is 2.29. The van der Waals surface area contributed by atoms with Gasteiger partial charge in [-0.1, -0.05) is 25.3 Å². The zero-order chi connectivity index (χ0) is 24.7. The summed E-state index contributed by atoms with van der Waals surface area (Å²) in [6, 6.07) is 6.17. The highest BCUT2D eigenvalue weighted by Crippen LogP contribution is 2.58. The molecule has 9 heteroatoms. The highest BCUT2D eigenvalue weighted by molar-refractivity contribution is 5.83. The van der Waals surface area contributed by atoms with Gasteiger partial charge in [0.15, 0.2) is 12.2 Å². The first kappa shape index (κ1) is 24.9. The van der Waals surface area contributed by atoms with Crippen LogP contribution in [-0.2, 0) is 21.4 Å². The molecule has 4 aliphatic rings. The molecule has 9 nitrogen and oxygen atoms in total. The van der Waals surface area contributed by atoms with Gasteiger partial charge in [-0.25, -0.2) is 9.59 Å². The lowest BCUT2D eigenvalue weighted by molar-refractivity contribution is -0.169. The Morgan fingerprint density at radius 1 is 1.00 bits per heavy atom. The fraction of sp³-hybridized carbons (Fsp3) is 0.680. The highest BCUT2D eigenvalue weighted by Gasteiger charge is 2.63. The number of likely N-dealkylation sites (tertiary alicyclic amines) is 1. The minimum Gasteiger partial charge on any atom is -0.508 e. The lowest BCUT2D eigenvalue weighted by Gasteiger charge is -2.64. The lowest BCUT2D eigenvalue weighted by Crippen LogP contribution is -2.72. The molecule has 0 spiro atoms. The third-order valence-electron chi connectivity index (χ3n) is 8.60. The molecule has 0 unspecified atom stereocenters. The molecule has 0 aromatic heterocycles. The van der Waals surface area contributed by atoms with Crippen molar-refractivity contribution in [2.24, 2.45) is 5.92 Å². The number of hydrogen-bond acceptors (Lipinski definition) is 7. The van der Waals surface area contributed by atoms with E-state index in [2.05, 4.69) is 11.0 Å². The SMILES string of the molecule is O=C(O)[C@@H](O)[C@@H](O)C(=O)O.Oc1ccc2c(c1)[C@@]13CCCC[C@@]1(O)[C@@H](C2)N(CC1CCC1)CC3. The van der Waals surface area contributed by atoms with Crippen molar-refractivity contribution in [2.75, 3.05) is 13.1 Å². The number of nitrogens with zero attached hydrogens (tertiary/aromatic N) is 1. The number of aliphatic hydroxyl groups excluding tert-OH is 2. The fourth-order valence-electron chi connectivity index (χ4n) is 6.59. The van der Waals surface area contributed by atoms with Gasteiger partial charge in [0, 0.05) is 18.0 Å². The molecule has 3 fully saturated rings. The van der Waals surface area contributed by atoms with E-state index >= 15 is 0 Å². The van der Waals surface area contributed by atoms with Crippen molar-refractivity contribution < 1.29 is 40.2 Å². The zero-order valence-corrected chi connectivity index (χ0v) is 19.3. The molecule has 3 aliphatic carbocycles. The second-order valence-corrected chi connectivity index (χ2v) is 10.4. The van der Waals surface area contributed by atoms with Crippen molar-refractivity contribution in [1.82, 2.24) is 4.90 Å².